The highest BCUT2D eigenvalue weighted by Gasteiger charge is 2.44. The first-order valence-electron chi connectivity index (χ1n) is 3.92. The molecule has 0 heterocycles. The minimum absolute atomic E-state index is 0.0741. The number of halogens is 3. The molecule has 0 bridgehead atoms. The quantitative estimate of drug-likeness (QED) is 0.598. The Labute approximate surface area is 101 Å². The van der Waals surface area contributed by atoms with Crippen molar-refractivity contribution in [2.45, 2.75) is 10.4 Å². The van der Waals surface area contributed by atoms with Crippen LogP contribution >= 0.6 is 0 Å². The number of benzene rings is 1. The van der Waals surface area contributed by atoms with E-state index >= 15 is 0 Å². The van der Waals surface area contributed by atoms with Gasteiger partial charge in [-0.2, -0.15) is 30.0 Å². The molecule has 0 aliphatic rings. The monoisotopic (exact) mass is 308 g/mol. The predicted molar refractivity (Wildman–Crippen MR) is 53.9 cm³/mol. The first kappa shape index (κ1) is 16.8. The summed E-state index contributed by atoms with van der Waals surface area (Å²) < 4.78 is 86.8. The van der Waals surface area contributed by atoms with Gasteiger partial charge in [-0.3, -0.25) is 9.11 Å². The topological polar surface area (TPSA) is 109 Å². The molecule has 0 aliphatic carbocycles. The lowest BCUT2D eigenvalue weighted by Crippen LogP contribution is -2.21. The average molecular weight is 308 g/mol. The highest BCUT2D eigenvalue weighted by atomic mass is 32.2. The third-order valence-corrected chi connectivity index (χ3v) is 2.79. The van der Waals surface area contributed by atoms with Crippen LogP contribution in [0.4, 0.5) is 13.2 Å². The standard InChI is InChI=1S/C6H6O3S.CHF3O3S/c7-10(8,9)6-4-2-1-3-5-6;2-1(3,4)8(5,6)7/h1-5H,(H,7,8,9);(H,5,6,7). The molecule has 0 aliphatic heterocycles. The summed E-state index contributed by atoms with van der Waals surface area (Å²) in [5.41, 5.74) is -5.53. The minimum atomic E-state index is -5.84. The van der Waals surface area contributed by atoms with Crippen molar-refractivity contribution in [2.24, 2.45) is 0 Å². The van der Waals surface area contributed by atoms with E-state index in [0.717, 1.165) is 0 Å². The van der Waals surface area contributed by atoms with Crippen LogP contribution < -0.4 is 0 Å². The molecule has 0 amide bonds. The highest BCUT2D eigenvalue weighted by Crippen LogP contribution is 2.20. The van der Waals surface area contributed by atoms with Gasteiger partial charge in [-0.25, -0.2) is 0 Å². The average Bonchev–Trinajstić information content (AvgIpc) is 2.15. The van der Waals surface area contributed by atoms with Crippen molar-refractivity contribution in [2.75, 3.05) is 0 Å². The van der Waals surface area contributed by atoms with Gasteiger partial charge in [0, 0.05) is 0 Å². The lowest BCUT2D eigenvalue weighted by molar-refractivity contribution is -0.0510. The zero-order valence-corrected chi connectivity index (χ0v) is 10.00. The first-order chi connectivity index (χ1) is 7.86. The Morgan fingerprint density at radius 2 is 1.22 bits per heavy atom. The first-order valence-corrected chi connectivity index (χ1v) is 6.80. The van der Waals surface area contributed by atoms with Crippen LogP contribution in [0.15, 0.2) is 35.2 Å². The van der Waals surface area contributed by atoms with Crippen LogP contribution in [0.5, 0.6) is 0 Å². The molecule has 1 aromatic rings. The van der Waals surface area contributed by atoms with Gasteiger partial charge in [0.2, 0.25) is 0 Å². The molecule has 0 saturated carbocycles. The van der Waals surface area contributed by atoms with Crippen LogP contribution in [0.25, 0.3) is 0 Å². The molecule has 0 saturated heterocycles. The Morgan fingerprint density at radius 3 is 1.39 bits per heavy atom. The second-order valence-corrected chi connectivity index (χ2v) is 5.54. The normalized spacial score (nSPS) is 12.5. The highest BCUT2D eigenvalue weighted by molar-refractivity contribution is 7.86. The fourth-order valence-electron chi connectivity index (χ4n) is 0.592. The largest absolute Gasteiger partial charge is 0.522 e. The van der Waals surface area contributed by atoms with E-state index in [1.165, 1.54) is 12.1 Å². The van der Waals surface area contributed by atoms with Crippen LogP contribution in [0, 0.1) is 0 Å². The van der Waals surface area contributed by atoms with Crippen LogP contribution in [0.3, 0.4) is 0 Å². The zero-order valence-electron chi connectivity index (χ0n) is 8.36. The van der Waals surface area contributed by atoms with Crippen LogP contribution in [0.1, 0.15) is 0 Å². The smallest absolute Gasteiger partial charge is 0.282 e. The van der Waals surface area contributed by atoms with E-state index in [2.05, 4.69) is 0 Å². The van der Waals surface area contributed by atoms with Gasteiger partial charge >= 0.3 is 15.6 Å². The van der Waals surface area contributed by atoms with Crippen LogP contribution in [-0.4, -0.2) is 31.4 Å². The molecule has 0 spiro atoms. The lowest BCUT2D eigenvalue weighted by atomic mass is 10.4. The molecule has 18 heavy (non-hydrogen) atoms. The Morgan fingerprint density at radius 1 is 0.889 bits per heavy atom. The van der Waals surface area contributed by atoms with E-state index in [-0.39, 0.29) is 4.90 Å². The van der Waals surface area contributed by atoms with Crippen molar-refractivity contribution < 1.29 is 39.1 Å². The maximum atomic E-state index is 10.7. The van der Waals surface area contributed by atoms with Crippen molar-refractivity contribution in [3.63, 3.8) is 0 Å². The lowest BCUT2D eigenvalue weighted by Gasteiger charge is -1.97. The van der Waals surface area contributed by atoms with Gasteiger partial charge in [-0.05, 0) is 12.1 Å². The maximum Gasteiger partial charge on any atom is 0.522 e. The molecule has 0 radical (unpaired) electrons. The Hall–Kier alpha value is -1.17. The molecule has 2 N–H and O–H groups in total. The molecular weight excluding hydrogens is 301 g/mol. The fourth-order valence-corrected chi connectivity index (χ4v) is 1.09. The van der Waals surface area contributed by atoms with Gasteiger partial charge < -0.3 is 0 Å². The summed E-state index contributed by atoms with van der Waals surface area (Å²) in [5, 5.41) is 0. The third kappa shape index (κ3) is 5.95. The van der Waals surface area contributed by atoms with Gasteiger partial charge in [0.15, 0.2) is 0 Å². The molecule has 0 atom stereocenters. The maximum absolute atomic E-state index is 10.7. The molecule has 11 heteroatoms. The predicted octanol–water partition coefficient (Wildman–Crippen LogP) is 1.33. The SMILES string of the molecule is O=S(=O)(O)C(F)(F)F.O=S(=O)(O)c1ccccc1. The molecule has 1 aromatic carbocycles. The molecule has 0 fully saturated rings. The number of hydrogen-bond donors (Lipinski definition) is 2. The molecule has 0 aromatic heterocycles. The summed E-state index contributed by atoms with van der Waals surface area (Å²) in [4.78, 5) is -0.0741. The van der Waals surface area contributed by atoms with E-state index in [1.807, 2.05) is 0 Å². The second kappa shape index (κ2) is 5.65. The van der Waals surface area contributed by atoms with E-state index in [9.17, 15) is 21.6 Å². The second-order valence-electron chi connectivity index (χ2n) is 2.71. The van der Waals surface area contributed by atoms with Crippen molar-refractivity contribution in [1.29, 1.82) is 0 Å². The molecule has 0 unspecified atom stereocenters. The minimum Gasteiger partial charge on any atom is -0.282 e. The van der Waals surface area contributed by atoms with Crippen LogP contribution in [-0.2, 0) is 20.2 Å². The van der Waals surface area contributed by atoms with E-state index in [4.69, 9.17) is 17.5 Å². The fraction of sp³-hybridized carbons (Fsp3) is 0.143. The summed E-state index contributed by atoms with van der Waals surface area (Å²) >= 11 is 0. The van der Waals surface area contributed by atoms with E-state index < -0.39 is 25.7 Å². The zero-order chi connectivity index (χ0) is 14.6. The Kier molecular flexibility index (Phi) is 5.28. The molecule has 104 valence electrons. The number of hydrogen-bond acceptors (Lipinski definition) is 4. The molecule has 1 rings (SSSR count). The van der Waals surface area contributed by atoms with Gasteiger partial charge in [-0.15, -0.1) is 0 Å². The number of rotatable bonds is 1. The van der Waals surface area contributed by atoms with E-state index in [1.54, 1.807) is 18.2 Å². The summed E-state index contributed by atoms with van der Waals surface area (Å²) in [6.07, 6.45) is 0. The number of alkyl halides is 3. The van der Waals surface area contributed by atoms with Crippen LogP contribution in [0.2, 0.25) is 0 Å². The van der Waals surface area contributed by atoms with Crippen molar-refractivity contribution in [1.82, 2.24) is 0 Å². The summed E-state index contributed by atoms with van der Waals surface area (Å²) in [6, 6.07) is 7.42. The van der Waals surface area contributed by atoms with Crippen molar-refractivity contribution in [3.05, 3.63) is 30.3 Å². The van der Waals surface area contributed by atoms with E-state index in [0.29, 0.717) is 0 Å². The summed E-state index contributed by atoms with van der Waals surface area (Å²) in [7, 11) is -9.84. The summed E-state index contributed by atoms with van der Waals surface area (Å²) in [5.74, 6) is 0. The summed E-state index contributed by atoms with van der Waals surface area (Å²) in [6.45, 7) is 0. The Balaban J connectivity index is 0.000000331. The van der Waals surface area contributed by atoms with Gasteiger partial charge in [0.05, 0.1) is 4.90 Å². The third-order valence-electron chi connectivity index (χ3n) is 1.33. The van der Waals surface area contributed by atoms with Crippen molar-refractivity contribution >= 4 is 20.2 Å². The Bertz CT molecular complexity index is 575. The van der Waals surface area contributed by atoms with Gasteiger partial charge in [0.25, 0.3) is 10.1 Å². The van der Waals surface area contributed by atoms with Gasteiger partial charge in [-0.1, -0.05) is 18.2 Å². The van der Waals surface area contributed by atoms with Gasteiger partial charge in [0.1, 0.15) is 0 Å². The van der Waals surface area contributed by atoms with Crippen molar-refractivity contribution in [3.8, 4) is 0 Å². The molecular formula is C7H7F3O6S2. The molecule has 6 nitrogen and oxygen atoms in total.